The van der Waals surface area contributed by atoms with E-state index in [2.05, 4.69) is 24.3 Å². The van der Waals surface area contributed by atoms with Gasteiger partial charge >= 0.3 is 11.7 Å². The number of nitrogens with zero attached hydrogens (tertiary/aromatic N) is 4. The van der Waals surface area contributed by atoms with E-state index in [1.54, 1.807) is 0 Å². The first kappa shape index (κ1) is 29.0. The number of amidine groups is 2. The zero-order valence-corrected chi connectivity index (χ0v) is 26.3. The molecule has 5 aliphatic rings. The Morgan fingerprint density at radius 3 is 1.00 bits per heavy atom. The Morgan fingerprint density at radius 1 is 0.524 bits per heavy atom. The number of hydrogen-bond donors (Lipinski definition) is 0. The van der Waals surface area contributed by atoms with Crippen molar-refractivity contribution in [1.82, 2.24) is 10.1 Å². The molecule has 0 saturated heterocycles. The van der Waals surface area contributed by atoms with E-state index in [9.17, 15) is 20.8 Å². The number of hydrogen-bond acceptors (Lipinski definition) is 4. The third-order valence-electron chi connectivity index (χ3n) is 12.6. The minimum atomic E-state index is -0.832. The Morgan fingerprint density at radius 2 is 0.786 bits per heavy atom. The minimum Gasteiger partial charge on any atom is -0.714 e. The highest BCUT2D eigenvalue weighted by molar-refractivity contribution is 5.96. The fraction of sp³-hybridized carbons (Fsp3) is 0.588. The highest BCUT2D eigenvalue weighted by atomic mass is 16.5. The lowest BCUT2D eigenvalue weighted by Crippen LogP contribution is -2.53. The predicted octanol–water partition coefficient (Wildman–Crippen LogP) is 6.18. The van der Waals surface area contributed by atoms with Gasteiger partial charge in [0.25, 0.3) is 0 Å². The molecule has 2 radical (unpaired) electrons. The third-order valence-corrected chi connectivity index (χ3v) is 12.6. The highest BCUT2D eigenvalue weighted by Gasteiger charge is 2.61. The fourth-order valence-corrected chi connectivity index (χ4v) is 7.68. The molecule has 0 N–H and O–H groups in total. The molecule has 3 saturated carbocycles. The number of benzene rings is 2. The first-order valence-corrected chi connectivity index (χ1v) is 15.3. The van der Waals surface area contributed by atoms with Crippen LogP contribution in [-0.4, -0.2) is 53.4 Å². The summed E-state index contributed by atoms with van der Waals surface area (Å²) < 4.78 is 1.76. The zero-order chi connectivity index (χ0) is 30.7. The van der Waals surface area contributed by atoms with Crippen LogP contribution in [0.4, 0.5) is 0 Å². The molecule has 8 heteroatoms. The maximum atomic E-state index is 13.1. The largest absolute Gasteiger partial charge is 0.714 e. The summed E-state index contributed by atoms with van der Waals surface area (Å²) in [5.74, 6) is 0.374. The molecule has 0 atom stereocenters. The Kier molecular flexibility index (Phi) is 6.02. The van der Waals surface area contributed by atoms with Crippen molar-refractivity contribution in [2.24, 2.45) is 0 Å². The predicted molar refractivity (Wildman–Crippen MR) is 161 cm³/mol. The average Bonchev–Trinajstić information content (AvgIpc) is 3.17. The van der Waals surface area contributed by atoms with E-state index in [0.717, 1.165) is 58.1 Å². The smallest absolute Gasteiger partial charge is 0.316 e. The van der Waals surface area contributed by atoms with E-state index in [0.29, 0.717) is 11.1 Å². The van der Waals surface area contributed by atoms with Crippen LogP contribution in [-0.2, 0) is 21.2 Å². The van der Waals surface area contributed by atoms with Crippen molar-refractivity contribution in [1.29, 1.82) is 0 Å². The molecule has 8 nitrogen and oxygen atoms in total. The van der Waals surface area contributed by atoms with Crippen LogP contribution in [0.1, 0.15) is 116 Å². The molecule has 2 bridgehead atoms. The Hall–Kier alpha value is -3.10. The average molecular weight is 573 g/mol. The van der Waals surface area contributed by atoms with Crippen LogP contribution in [0.5, 0.6) is 0 Å². The van der Waals surface area contributed by atoms with Gasteiger partial charge in [-0.1, -0.05) is 34.4 Å². The molecule has 3 aliphatic carbocycles. The van der Waals surface area contributed by atoms with Crippen LogP contribution < -0.4 is 0 Å². The van der Waals surface area contributed by atoms with Gasteiger partial charge in [-0.05, 0) is 140 Å². The number of hydroxylamine groups is 6. The second-order valence-corrected chi connectivity index (χ2v) is 15.3. The monoisotopic (exact) mass is 572 g/mol. The van der Waals surface area contributed by atoms with Crippen LogP contribution >= 0.6 is 0 Å². The molecule has 0 spiro atoms. The molecule has 2 heterocycles. The molecule has 0 amide bonds. The van der Waals surface area contributed by atoms with Gasteiger partial charge in [-0.3, -0.25) is 9.48 Å². The maximum Gasteiger partial charge on any atom is 0.316 e. The van der Waals surface area contributed by atoms with Gasteiger partial charge in [-0.15, -0.1) is 0 Å². The van der Waals surface area contributed by atoms with Crippen LogP contribution in [0.2, 0.25) is 0 Å². The lowest BCUT2D eigenvalue weighted by atomic mass is 9.50. The molecule has 3 fully saturated rings. The molecule has 7 rings (SSSR count). The van der Waals surface area contributed by atoms with Crippen LogP contribution in [0.3, 0.4) is 0 Å². The quantitative estimate of drug-likeness (QED) is 0.323. The first-order chi connectivity index (χ1) is 19.4. The summed E-state index contributed by atoms with van der Waals surface area (Å²) in [4.78, 5) is 0. The van der Waals surface area contributed by atoms with Crippen LogP contribution in [0, 0.1) is 10.4 Å². The molecular formula is C34H44N4O4. The van der Waals surface area contributed by atoms with Crippen molar-refractivity contribution in [3.8, 4) is 0 Å². The van der Waals surface area contributed by atoms with Gasteiger partial charge in [0.05, 0.1) is 11.1 Å². The lowest BCUT2D eigenvalue weighted by molar-refractivity contribution is -0.539. The van der Waals surface area contributed by atoms with E-state index in [1.807, 2.05) is 79.7 Å². The summed E-state index contributed by atoms with van der Waals surface area (Å²) in [6.07, 6.45) is 6.47. The fourth-order valence-electron chi connectivity index (χ4n) is 7.68. The van der Waals surface area contributed by atoms with Gasteiger partial charge < -0.3 is 10.4 Å². The zero-order valence-electron chi connectivity index (χ0n) is 26.3. The topological polar surface area (TPSA) is 98.4 Å². The Labute approximate surface area is 249 Å². The van der Waals surface area contributed by atoms with Crippen molar-refractivity contribution < 1.29 is 19.9 Å². The summed E-state index contributed by atoms with van der Waals surface area (Å²) in [5, 5.41) is 54.2. The van der Waals surface area contributed by atoms with Crippen LogP contribution in [0.15, 0.2) is 48.5 Å². The van der Waals surface area contributed by atoms with Crippen molar-refractivity contribution in [2.45, 2.75) is 127 Å². The van der Waals surface area contributed by atoms with Crippen molar-refractivity contribution in [3.05, 3.63) is 81.2 Å². The highest BCUT2D eigenvalue weighted by Crippen LogP contribution is 2.58. The standard InChI is InChI=1S/C34H44N4O4/c1-29(2)30(3,4)36(40)27(35(29)39)23-9-13-25(14-10-23)33-17-20-34(21-18-33,22-19-33)26-15-11-24(12-16-26)28-37(41)31(5,6)32(7,8)38(28)42/h9-16H,17-22H2,1-8H3. The lowest BCUT2D eigenvalue weighted by Gasteiger charge is -2.54. The molecular weight excluding hydrogens is 528 g/mol. The molecule has 2 aromatic carbocycles. The molecule has 42 heavy (non-hydrogen) atoms. The number of fused-ring (bicyclic) bond motifs is 3. The van der Waals surface area contributed by atoms with Gasteiger partial charge in [0.2, 0.25) is 0 Å². The summed E-state index contributed by atoms with van der Waals surface area (Å²) in [7, 11) is 0. The van der Waals surface area contributed by atoms with Crippen molar-refractivity contribution in [2.75, 3.05) is 0 Å². The van der Waals surface area contributed by atoms with E-state index in [1.165, 1.54) is 11.1 Å². The van der Waals surface area contributed by atoms with Gasteiger partial charge in [0, 0.05) is 10.4 Å². The third kappa shape index (κ3) is 3.54. The molecule has 2 aromatic rings. The Bertz CT molecular complexity index is 1350. The summed E-state index contributed by atoms with van der Waals surface area (Å²) in [5.41, 5.74) is 0.796. The van der Waals surface area contributed by atoms with E-state index < -0.39 is 22.2 Å². The summed E-state index contributed by atoms with van der Waals surface area (Å²) >= 11 is 0. The van der Waals surface area contributed by atoms with Crippen molar-refractivity contribution in [3.63, 3.8) is 0 Å². The summed E-state index contributed by atoms with van der Waals surface area (Å²) in [6, 6.07) is 16.3. The molecule has 0 unspecified atom stereocenters. The van der Waals surface area contributed by atoms with Gasteiger partial charge in [-0.2, -0.15) is 0 Å². The van der Waals surface area contributed by atoms with Gasteiger partial charge in [0.15, 0.2) is 11.1 Å². The minimum absolute atomic E-state index is 0.108. The SMILES string of the molecule is CC1(C)N([O])C(c2ccc(C34CCC(c5ccc(C6=[N+]([O-])C(C)(C)C(C)(C)N6[O])cc5)(CC3)CC4)cc2)=[N+]([O-])C1(C)C. The molecule has 2 aliphatic heterocycles. The van der Waals surface area contributed by atoms with E-state index >= 15 is 0 Å². The second-order valence-electron chi connectivity index (χ2n) is 15.3. The van der Waals surface area contributed by atoms with E-state index in [-0.39, 0.29) is 22.5 Å². The number of rotatable bonds is 4. The summed E-state index contributed by atoms with van der Waals surface area (Å²) in [6.45, 7) is 14.6. The Balaban J connectivity index is 1.20. The maximum absolute atomic E-state index is 13.1. The van der Waals surface area contributed by atoms with E-state index in [4.69, 9.17) is 0 Å². The molecule has 0 aromatic heterocycles. The van der Waals surface area contributed by atoms with Crippen LogP contribution in [0.25, 0.3) is 0 Å². The molecule has 224 valence electrons. The second kappa shape index (κ2) is 8.73. The first-order valence-electron chi connectivity index (χ1n) is 15.3. The van der Waals surface area contributed by atoms with Crippen molar-refractivity contribution >= 4 is 11.7 Å². The van der Waals surface area contributed by atoms with Gasteiger partial charge in [-0.25, -0.2) is 0 Å². The van der Waals surface area contributed by atoms with Gasteiger partial charge in [0.1, 0.15) is 11.1 Å². The normalized spacial score (nSPS) is 30.9.